The molecule has 0 atom stereocenters. The van der Waals surface area contributed by atoms with E-state index in [0.717, 1.165) is 24.8 Å². The summed E-state index contributed by atoms with van der Waals surface area (Å²) in [5, 5.41) is 0. The zero-order valence-electron chi connectivity index (χ0n) is 12.8. The highest BCUT2D eigenvalue weighted by atomic mass is 19.1. The molecule has 2 N–H and O–H groups in total. The average Bonchev–Trinajstić information content (AvgIpc) is 2.42. The summed E-state index contributed by atoms with van der Waals surface area (Å²) in [6.07, 6.45) is 5.51. The molecule has 1 aliphatic carbocycles. The molecule has 20 heavy (non-hydrogen) atoms. The highest BCUT2D eigenvalue weighted by molar-refractivity contribution is 5.30. The maximum atomic E-state index is 13.8. The average molecular weight is 279 g/mol. The predicted octanol–water partition coefficient (Wildman–Crippen LogP) is 3.92. The van der Waals surface area contributed by atoms with Crippen molar-refractivity contribution in [1.82, 2.24) is 0 Å². The second kappa shape index (κ2) is 5.72. The molecule has 0 radical (unpaired) electrons. The van der Waals surface area contributed by atoms with E-state index < -0.39 is 0 Å². The van der Waals surface area contributed by atoms with E-state index in [9.17, 15) is 4.39 Å². The summed E-state index contributed by atoms with van der Waals surface area (Å²) in [4.78, 5) is 0. The maximum Gasteiger partial charge on any atom is 0.165 e. The third-order valence-corrected chi connectivity index (χ3v) is 4.89. The Labute approximate surface area is 121 Å². The number of halogens is 1. The first-order valence-corrected chi connectivity index (χ1v) is 7.42. The van der Waals surface area contributed by atoms with Crippen molar-refractivity contribution in [3.05, 3.63) is 29.6 Å². The SMILES string of the molecule is COc1ccc(CC2(CN)CCC(C)(C)CC2)cc1F. The molecule has 1 aromatic carbocycles. The van der Waals surface area contributed by atoms with Crippen molar-refractivity contribution < 1.29 is 9.13 Å². The van der Waals surface area contributed by atoms with Crippen LogP contribution < -0.4 is 10.5 Å². The van der Waals surface area contributed by atoms with Gasteiger partial charge in [0.1, 0.15) is 0 Å². The van der Waals surface area contributed by atoms with Crippen LogP contribution in [0, 0.1) is 16.6 Å². The molecule has 3 heteroatoms. The molecule has 0 unspecified atom stereocenters. The van der Waals surface area contributed by atoms with Crippen LogP contribution in [0.3, 0.4) is 0 Å². The Bertz CT molecular complexity index is 460. The number of hydrogen-bond acceptors (Lipinski definition) is 2. The van der Waals surface area contributed by atoms with E-state index >= 15 is 0 Å². The first-order valence-electron chi connectivity index (χ1n) is 7.42. The summed E-state index contributed by atoms with van der Waals surface area (Å²) in [5.41, 5.74) is 7.63. The van der Waals surface area contributed by atoms with E-state index in [1.807, 2.05) is 6.07 Å². The van der Waals surface area contributed by atoms with Gasteiger partial charge >= 0.3 is 0 Å². The Morgan fingerprint density at radius 3 is 2.35 bits per heavy atom. The molecular formula is C17H26FNO. The number of benzene rings is 1. The minimum atomic E-state index is -0.284. The maximum absolute atomic E-state index is 13.8. The van der Waals surface area contributed by atoms with Crippen LogP contribution in [0.15, 0.2) is 18.2 Å². The molecule has 0 aliphatic heterocycles. The Hall–Kier alpha value is -1.09. The molecule has 0 saturated heterocycles. The van der Waals surface area contributed by atoms with E-state index in [4.69, 9.17) is 10.5 Å². The fourth-order valence-corrected chi connectivity index (χ4v) is 3.16. The smallest absolute Gasteiger partial charge is 0.165 e. The molecule has 0 heterocycles. The highest BCUT2D eigenvalue weighted by Gasteiger charge is 2.37. The minimum absolute atomic E-state index is 0.135. The van der Waals surface area contributed by atoms with Crippen LogP contribution in [0.1, 0.15) is 45.1 Å². The molecular weight excluding hydrogens is 253 g/mol. The van der Waals surface area contributed by atoms with Crippen molar-refractivity contribution >= 4 is 0 Å². The fourth-order valence-electron chi connectivity index (χ4n) is 3.16. The molecule has 0 bridgehead atoms. The lowest BCUT2D eigenvalue weighted by Gasteiger charge is -2.43. The first kappa shape index (κ1) is 15.3. The minimum Gasteiger partial charge on any atom is -0.494 e. The summed E-state index contributed by atoms with van der Waals surface area (Å²) in [7, 11) is 1.49. The van der Waals surface area contributed by atoms with Crippen molar-refractivity contribution in [3.63, 3.8) is 0 Å². The van der Waals surface area contributed by atoms with Crippen LogP contribution in [0.4, 0.5) is 4.39 Å². The number of ether oxygens (including phenoxy) is 1. The zero-order chi connectivity index (χ0) is 14.8. The van der Waals surface area contributed by atoms with Crippen LogP contribution in [0.2, 0.25) is 0 Å². The summed E-state index contributed by atoms with van der Waals surface area (Å²) in [6, 6.07) is 5.26. The largest absolute Gasteiger partial charge is 0.494 e. The molecule has 2 nitrogen and oxygen atoms in total. The highest BCUT2D eigenvalue weighted by Crippen LogP contribution is 2.46. The molecule has 1 aromatic rings. The second-order valence-corrected chi connectivity index (χ2v) is 7.01. The van der Waals surface area contributed by atoms with E-state index in [1.165, 1.54) is 20.0 Å². The standard InChI is InChI=1S/C17H26FNO/c1-16(2)6-8-17(12-19,9-7-16)11-13-4-5-15(20-3)14(18)10-13/h4-5,10H,6-9,11-12,19H2,1-3H3. The number of nitrogens with two attached hydrogens (primary N) is 1. The van der Waals surface area contributed by atoms with Crippen LogP contribution >= 0.6 is 0 Å². The Kier molecular flexibility index (Phi) is 4.38. The zero-order valence-corrected chi connectivity index (χ0v) is 12.8. The van der Waals surface area contributed by atoms with Crippen molar-refractivity contribution in [1.29, 1.82) is 0 Å². The molecule has 2 rings (SSSR count). The number of hydrogen-bond donors (Lipinski definition) is 1. The lowest BCUT2D eigenvalue weighted by atomic mass is 9.63. The Morgan fingerprint density at radius 2 is 1.85 bits per heavy atom. The van der Waals surface area contributed by atoms with Crippen molar-refractivity contribution in [2.75, 3.05) is 13.7 Å². The summed E-state index contributed by atoms with van der Waals surface area (Å²) in [6.45, 7) is 5.32. The molecule has 0 aromatic heterocycles. The van der Waals surface area contributed by atoms with Crippen LogP contribution in [-0.2, 0) is 6.42 Å². The van der Waals surface area contributed by atoms with E-state index in [-0.39, 0.29) is 11.2 Å². The molecule has 1 saturated carbocycles. The van der Waals surface area contributed by atoms with E-state index in [2.05, 4.69) is 13.8 Å². The van der Waals surface area contributed by atoms with Crippen LogP contribution in [-0.4, -0.2) is 13.7 Å². The van der Waals surface area contributed by atoms with E-state index in [0.29, 0.717) is 17.7 Å². The fraction of sp³-hybridized carbons (Fsp3) is 0.647. The topological polar surface area (TPSA) is 35.2 Å². The van der Waals surface area contributed by atoms with Gasteiger partial charge in [0.25, 0.3) is 0 Å². The second-order valence-electron chi connectivity index (χ2n) is 7.01. The molecule has 1 aliphatic rings. The van der Waals surface area contributed by atoms with Gasteiger partial charge in [-0.2, -0.15) is 0 Å². The van der Waals surface area contributed by atoms with E-state index in [1.54, 1.807) is 12.1 Å². The summed E-state index contributed by atoms with van der Waals surface area (Å²) >= 11 is 0. The van der Waals surface area contributed by atoms with Gasteiger partial charge in [0, 0.05) is 0 Å². The van der Waals surface area contributed by atoms with Crippen LogP contribution in [0.25, 0.3) is 0 Å². The predicted molar refractivity (Wildman–Crippen MR) is 80.4 cm³/mol. The van der Waals surface area contributed by atoms with Gasteiger partial charge in [-0.25, -0.2) is 4.39 Å². The monoisotopic (exact) mass is 279 g/mol. The molecule has 0 amide bonds. The third kappa shape index (κ3) is 3.32. The van der Waals surface area contributed by atoms with Gasteiger partial charge in [-0.15, -0.1) is 0 Å². The molecule has 112 valence electrons. The first-order chi connectivity index (χ1) is 9.40. The summed E-state index contributed by atoms with van der Waals surface area (Å²) in [5.74, 6) is 0.0219. The van der Waals surface area contributed by atoms with Crippen LogP contribution in [0.5, 0.6) is 5.75 Å². The quantitative estimate of drug-likeness (QED) is 0.906. The Balaban J connectivity index is 2.12. The van der Waals surface area contributed by atoms with Gasteiger partial charge in [0.15, 0.2) is 11.6 Å². The molecule has 1 fully saturated rings. The Morgan fingerprint density at radius 1 is 1.20 bits per heavy atom. The van der Waals surface area contributed by atoms with Gasteiger partial charge < -0.3 is 10.5 Å². The number of rotatable bonds is 4. The summed E-state index contributed by atoms with van der Waals surface area (Å²) < 4.78 is 18.8. The third-order valence-electron chi connectivity index (χ3n) is 4.89. The van der Waals surface area contributed by atoms with Gasteiger partial charge in [-0.05, 0) is 67.2 Å². The normalized spacial score (nSPS) is 20.6. The molecule has 0 spiro atoms. The van der Waals surface area contributed by atoms with Gasteiger partial charge in [-0.1, -0.05) is 19.9 Å². The lowest BCUT2D eigenvalue weighted by molar-refractivity contribution is 0.108. The van der Waals surface area contributed by atoms with Crippen molar-refractivity contribution in [2.24, 2.45) is 16.6 Å². The van der Waals surface area contributed by atoms with Crippen molar-refractivity contribution in [2.45, 2.75) is 46.0 Å². The lowest BCUT2D eigenvalue weighted by Crippen LogP contribution is -2.38. The van der Waals surface area contributed by atoms with Crippen molar-refractivity contribution in [3.8, 4) is 5.75 Å². The van der Waals surface area contributed by atoms with Gasteiger partial charge in [0.05, 0.1) is 7.11 Å². The van der Waals surface area contributed by atoms with Gasteiger partial charge in [-0.3, -0.25) is 0 Å². The van der Waals surface area contributed by atoms with Gasteiger partial charge in [0.2, 0.25) is 0 Å². The number of methoxy groups -OCH3 is 1.